The van der Waals surface area contributed by atoms with E-state index in [1.54, 1.807) is 24.5 Å². The van der Waals surface area contributed by atoms with Crippen LogP contribution in [-0.2, 0) is 11.4 Å². The number of amides is 1. The quantitative estimate of drug-likeness (QED) is 0.362. The Morgan fingerprint density at radius 3 is 2.65 bits per heavy atom. The molecule has 0 saturated carbocycles. The van der Waals surface area contributed by atoms with Crippen molar-refractivity contribution >= 4 is 39.8 Å². The molecule has 0 fully saturated rings. The summed E-state index contributed by atoms with van der Waals surface area (Å²) >= 11 is 2.97. The van der Waals surface area contributed by atoms with E-state index in [2.05, 4.69) is 15.2 Å². The summed E-state index contributed by atoms with van der Waals surface area (Å²) in [4.78, 5) is 18.6. The van der Waals surface area contributed by atoms with Crippen molar-refractivity contribution in [3.05, 3.63) is 82.3 Å². The Morgan fingerprint density at radius 1 is 1.10 bits per heavy atom. The first-order valence-corrected chi connectivity index (χ1v) is 11.3. The van der Waals surface area contributed by atoms with E-state index >= 15 is 0 Å². The lowest BCUT2D eigenvalue weighted by Gasteiger charge is -2.10. The van der Waals surface area contributed by atoms with Crippen LogP contribution in [0.3, 0.4) is 0 Å². The Balaban J connectivity index is 1.44. The molecule has 6 nitrogen and oxygen atoms in total. The van der Waals surface area contributed by atoms with Gasteiger partial charge in [-0.15, -0.1) is 21.5 Å². The monoisotopic (exact) mass is 448 g/mol. The molecular formula is C23H20N4O2S2. The summed E-state index contributed by atoms with van der Waals surface area (Å²) in [6.07, 6.45) is 3.26. The fourth-order valence-electron chi connectivity index (χ4n) is 2.79. The summed E-state index contributed by atoms with van der Waals surface area (Å²) in [7, 11) is 1.69. The van der Waals surface area contributed by atoms with Crippen LogP contribution in [0.15, 0.2) is 66.1 Å². The van der Waals surface area contributed by atoms with Crippen molar-refractivity contribution in [2.45, 2.75) is 13.5 Å². The second-order valence-electron chi connectivity index (χ2n) is 6.67. The van der Waals surface area contributed by atoms with Crippen LogP contribution in [0.5, 0.6) is 5.75 Å². The van der Waals surface area contributed by atoms with E-state index in [-0.39, 0.29) is 5.91 Å². The number of anilines is 1. The first-order valence-electron chi connectivity index (χ1n) is 9.57. The molecule has 0 saturated heterocycles. The third-order valence-corrected chi connectivity index (χ3v) is 6.29. The number of rotatable bonds is 7. The smallest absolute Gasteiger partial charge is 0.252 e. The molecule has 8 heteroatoms. The van der Waals surface area contributed by atoms with Crippen molar-refractivity contribution in [3.8, 4) is 16.3 Å². The normalized spacial score (nSPS) is 11.0. The van der Waals surface area contributed by atoms with Crippen molar-refractivity contribution in [1.82, 2.24) is 15.2 Å². The number of benzene rings is 2. The first-order chi connectivity index (χ1) is 15.1. The van der Waals surface area contributed by atoms with Crippen LogP contribution in [0.2, 0.25) is 0 Å². The average molecular weight is 449 g/mol. The molecule has 0 spiro atoms. The van der Waals surface area contributed by atoms with Gasteiger partial charge in [0.25, 0.3) is 5.91 Å². The highest BCUT2D eigenvalue weighted by Gasteiger charge is 2.14. The minimum Gasteiger partial charge on any atom is -0.487 e. The van der Waals surface area contributed by atoms with E-state index in [0.29, 0.717) is 17.5 Å². The van der Waals surface area contributed by atoms with Crippen molar-refractivity contribution < 1.29 is 9.53 Å². The van der Waals surface area contributed by atoms with Gasteiger partial charge in [0.1, 0.15) is 17.4 Å². The molecule has 0 unspecified atom stereocenters. The molecule has 0 atom stereocenters. The Hall–Kier alpha value is -3.36. The van der Waals surface area contributed by atoms with Crippen molar-refractivity contribution in [1.29, 1.82) is 0 Å². The number of hydrogen-bond acceptors (Lipinski definition) is 7. The molecule has 0 aliphatic heterocycles. The standard InChI is InChI=1S/C23H20N4O2S2/c1-16-24-19(15-30-16)14-29-20-11-7-6-8-17(20)12-13-21(28)27(2)23-26-25-22(31-23)18-9-4-3-5-10-18/h3-13,15H,14H2,1-2H3/b13-12-. The maximum Gasteiger partial charge on any atom is 0.252 e. The second kappa shape index (κ2) is 9.63. The van der Waals surface area contributed by atoms with Crippen LogP contribution < -0.4 is 9.64 Å². The summed E-state index contributed by atoms with van der Waals surface area (Å²) in [6.45, 7) is 2.35. The number of para-hydroxylation sites is 1. The lowest BCUT2D eigenvalue weighted by atomic mass is 10.2. The number of aromatic nitrogens is 3. The zero-order valence-corrected chi connectivity index (χ0v) is 18.7. The minimum atomic E-state index is -0.194. The highest BCUT2D eigenvalue weighted by molar-refractivity contribution is 7.18. The van der Waals surface area contributed by atoms with Gasteiger partial charge in [-0.05, 0) is 19.1 Å². The Labute approximate surface area is 188 Å². The molecule has 0 bridgehead atoms. The molecule has 0 aliphatic carbocycles. The third-order valence-electron chi connectivity index (χ3n) is 4.42. The van der Waals surface area contributed by atoms with Crippen LogP contribution in [0.1, 0.15) is 16.3 Å². The summed E-state index contributed by atoms with van der Waals surface area (Å²) in [6, 6.07) is 17.4. The highest BCUT2D eigenvalue weighted by Crippen LogP contribution is 2.28. The number of likely N-dealkylation sites (N-methyl/N-ethyl adjacent to an activating group) is 1. The summed E-state index contributed by atoms with van der Waals surface area (Å²) < 4.78 is 5.91. The highest BCUT2D eigenvalue weighted by atomic mass is 32.1. The van der Waals surface area contributed by atoms with Gasteiger partial charge >= 0.3 is 0 Å². The van der Waals surface area contributed by atoms with E-state index in [4.69, 9.17) is 4.74 Å². The van der Waals surface area contributed by atoms with Crippen LogP contribution in [-0.4, -0.2) is 28.1 Å². The molecule has 31 heavy (non-hydrogen) atoms. The Morgan fingerprint density at radius 2 is 1.87 bits per heavy atom. The molecule has 1 amide bonds. The van der Waals surface area contributed by atoms with Crippen LogP contribution in [0, 0.1) is 6.92 Å². The predicted molar refractivity (Wildman–Crippen MR) is 125 cm³/mol. The zero-order chi connectivity index (χ0) is 21.6. The van der Waals surface area contributed by atoms with Gasteiger partial charge in [0.15, 0.2) is 0 Å². The van der Waals surface area contributed by atoms with E-state index < -0.39 is 0 Å². The topological polar surface area (TPSA) is 68.2 Å². The molecule has 2 aromatic carbocycles. The summed E-state index contributed by atoms with van der Waals surface area (Å²) in [5.74, 6) is 0.503. The number of carbonyl (C=O) groups excluding carboxylic acids is 1. The molecule has 2 heterocycles. The molecule has 4 rings (SSSR count). The second-order valence-corrected chi connectivity index (χ2v) is 8.69. The van der Waals surface area contributed by atoms with Gasteiger partial charge in [-0.1, -0.05) is 59.9 Å². The van der Waals surface area contributed by atoms with Crippen molar-refractivity contribution in [2.75, 3.05) is 11.9 Å². The SMILES string of the molecule is Cc1nc(COc2ccccc2/C=C\C(=O)N(C)c2nnc(-c3ccccc3)s2)cs1. The maximum absolute atomic E-state index is 12.7. The number of thiazole rings is 1. The number of carbonyl (C=O) groups is 1. The van der Waals surface area contributed by atoms with Crippen LogP contribution in [0.4, 0.5) is 5.13 Å². The van der Waals surface area contributed by atoms with E-state index in [1.807, 2.05) is 66.9 Å². The van der Waals surface area contributed by atoms with Gasteiger partial charge in [0, 0.05) is 29.6 Å². The van der Waals surface area contributed by atoms with E-state index in [1.165, 1.54) is 22.3 Å². The lowest BCUT2D eigenvalue weighted by Crippen LogP contribution is -2.23. The lowest BCUT2D eigenvalue weighted by molar-refractivity contribution is -0.113. The molecule has 4 aromatic rings. The Bertz CT molecular complexity index is 1200. The minimum absolute atomic E-state index is 0.194. The Kier molecular flexibility index (Phi) is 6.49. The molecular weight excluding hydrogens is 428 g/mol. The van der Waals surface area contributed by atoms with Crippen LogP contribution >= 0.6 is 22.7 Å². The molecule has 156 valence electrons. The maximum atomic E-state index is 12.7. The van der Waals surface area contributed by atoms with Gasteiger partial charge in [-0.3, -0.25) is 9.69 Å². The van der Waals surface area contributed by atoms with Crippen LogP contribution in [0.25, 0.3) is 16.6 Å². The summed E-state index contributed by atoms with van der Waals surface area (Å²) in [5.41, 5.74) is 2.69. The van der Waals surface area contributed by atoms with Gasteiger partial charge in [-0.25, -0.2) is 4.98 Å². The van der Waals surface area contributed by atoms with E-state index in [9.17, 15) is 4.79 Å². The number of hydrogen-bond donors (Lipinski definition) is 0. The fourth-order valence-corrected chi connectivity index (χ4v) is 4.21. The van der Waals surface area contributed by atoms with Gasteiger partial charge in [0.2, 0.25) is 5.13 Å². The predicted octanol–water partition coefficient (Wildman–Crippen LogP) is 5.23. The number of aryl methyl sites for hydroxylation is 1. The largest absolute Gasteiger partial charge is 0.487 e. The molecule has 0 radical (unpaired) electrons. The molecule has 2 aromatic heterocycles. The molecule has 0 N–H and O–H groups in total. The van der Waals surface area contributed by atoms with Gasteiger partial charge < -0.3 is 4.74 Å². The first kappa shape index (κ1) is 20.9. The fraction of sp³-hybridized carbons (Fsp3) is 0.130. The molecule has 0 aliphatic rings. The number of nitrogens with zero attached hydrogens (tertiary/aromatic N) is 4. The average Bonchev–Trinajstić information content (AvgIpc) is 3.46. The van der Waals surface area contributed by atoms with Crippen molar-refractivity contribution in [2.24, 2.45) is 0 Å². The third kappa shape index (κ3) is 5.22. The zero-order valence-electron chi connectivity index (χ0n) is 17.1. The van der Waals surface area contributed by atoms with Crippen molar-refractivity contribution in [3.63, 3.8) is 0 Å². The van der Waals surface area contributed by atoms with Gasteiger partial charge in [-0.2, -0.15) is 0 Å². The number of ether oxygens (including phenoxy) is 1. The van der Waals surface area contributed by atoms with Gasteiger partial charge in [0.05, 0.1) is 10.7 Å². The van der Waals surface area contributed by atoms with E-state index in [0.717, 1.165) is 26.8 Å². The summed E-state index contributed by atoms with van der Waals surface area (Å²) in [5, 5.41) is 12.7.